The molecule has 1 unspecified atom stereocenters. The Labute approximate surface area is 162 Å². The number of rotatable bonds is 7. The average Bonchev–Trinajstić information content (AvgIpc) is 2.71. The monoisotopic (exact) mass is 385 g/mol. The molecule has 0 aliphatic rings. The molecule has 0 heterocycles. The molecule has 0 aromatic heterocycles. The van der Waals surface area contributed by atoms with E-state index in [-0.39, 0.29) is 18.2 Å². The molecule has 0 aliphatic heterocycles. The predicted molar refractivity (Wildman–Crippen MR) is 104 cm³/mol. The lowest BCUT2D eigenvalue weighted by atomic mass is 9.97. The number of nitrogens with one attached hydrogen (secondary N) is 1. The predicted octanol–water partition coefficient (Wildman–Crippen LogP) is 4.87. The number of fused-ring (bicyclic) bond motifs is 1. The van der Waals surface area contributed by atoms with Crippen LogP contribution in [0.25, 0.3) is 10.8 Å². The number of carbonyl (C=O) groups excluding carboxylic acids is 1. The van der Waals surface area contributed by atoms with Crippen molar-refractivity contribution in [2.45, 2.75) is 26.0 Å². The molecular weight excluding hydrogens is 364 g/mol. The van der Waals surface area contributed by atoms with Crippen molar-refractivity contribution in [3.8, 4) is 11.5 Å². The fraction of sp³-hybridized carbons (Fsp3) is 0.227. The summed E-state index contributed by atoms with van der Waals surface area (Å²) in [5, 5.41) is 4.82. The van der Waals surface area contributed by atoms with E-state index in [0.717, 1.165) is 22.1 Å². The molecular formula is C22H21F2NO3. The first-order valence-electron chi connectivity index (χ1n) is 8.86. The van der Waals surface area contributed by atoms with E-state index in [0.29, 0.717) is 5.56 Å². The van der Waals surface area contributed by atoms with Gasteiger partial charge in [0.05, 0.1) is 13.0 Å². The van der Waals surface area contributed by atoms with Crippen LogP contribution in [0.1, 0.15) is 24.0 Å². The van der Waals surface area contributed by atoms with Crippen molar-refractivity contribution in [3.63, 3.8) is 0 Å². The largest absolute Gasteiger partial charge is 0.497 e. The van der Waals surface area contributed by atoms with E-state index in [4.69, 9.17) is 4.74 Å². The quantitative estimate of drug-likeness (QED) is 0.631. The zero-order chi connectivity index (χ0) is 20.1. The zero-order valence-corrected chi connectivity index (χ0v) is 15.6. The summed E-state index contributed by atoms with van der Waals surface area (Å²) in [6, 6.07) is 18.0. The third-order valence-electron chi connectivity index (χ3n) is 4.61. The van der Waals surface area contributed by atoms with E-state index >= 15 is 0 Å². The molecule has 3 aromatic rings. The summed E-state index contributed by atoms with van der Waals surface area (Å²) in [7, 11) is 1.62. The first-order valence-corrected chi connectivity index (χ1v) is 8.86. The van der Waals surface area contributed by atoms with Crippen LogP contribution in [0, 0.1) is 0 Å². The minimum Gasteiger partial charge on any atom is -0.497 e. The lowest BCUT2D eigenvalue weighted by Crippen LogP contribution is -2.27. The van der Waals surface area contributed by atoms with Gasteiger partial charge in [-0.2, -0.15) is 8.78 Å². The van der Waals surface area contributed by atoms with Crippen LogP contribution in [0.15, 0.2) is 60.7 Å². The number of methoxy groups -OCH3 is 1. The number of hydrogen-bond donors (Lipinski definition) is 1. The van der Waals surface area contributed by atoms with Crippen LogP contribution in [-0.4, -0.2) is 19.6 Å². The van der Waals surface area contributed by atoms with Crippen LogP contribution in [0.2, 0.25) is 0 Å². The van der Waals surface area contributed by atoms with Crippen molar-refractivity contribution in [3.05, 3.63) is 71.8 Å². The van der Waals surface area contributed by atoms with Crippen LogP contribution in [0.4, 0.5) is 8.78 Å². The maximum Gasteiger partial charge on any atom is 0.387 e. The highest BCUT2D eigenvalue weighted by molar-refractivity contribution is 5.88. The minimum atomic E-state index is -2.91. The normalized spacial score (nSPS) is 12.0. The van der Waals surface area contributed by atoms with Gasteiger partial charge in [-0.25, -0.2) is 0 Å². The minimum absolute atomic E-state index is 0.0603. The third-order valence-corrected chi connectivity index (χ3v) is 4.61. The van der Waals surface area contributed by atoms with E-state index in [2.05, 4.69) is 10.1 Å². The summed E-state index contributed by atoms with van der Waals surface area (Å²) in [4.78, 5) is 12.6. The molecule has 3 rings (SSSR count). The Balaban J connectivity index is 1.70. The van der Waals surface area contributed by atoms with Gasteiger partial charge in [0.15, 0.2) is 0 Å². The number of para-hydroxylation sites is 1. The maximum atomic E-state index is 12.6. The first-order chi connectivity index (χ1) is 13.5. The van der Waals surface area contributed by atoms with Gasteiger partial charge in [0.1, 0.15) is 11.5 Å². The number of ether oxygens (including phenoxy) is 2. The summed E-state index contributed by atoms with van der Waals surface area (Å²) in [6.45, 7) is -0.995. The molecule has 6 heteroatoms. The van der Waals surface area contributed by atoms with Crippen molar-refractivity contribution in [1.82, 2.24) is 5.32 Å². The van der Waals surface area contributed by atoms with Crippen LogP contribution < -0.4 is 14.8 Å². The second kappa shape index (κ2) is 8.69. The Morgan fingerprint density at radius 2 is 1.75 bits per heavy atom. The van der Waals surface area contributed by atoms with Gasteiger partial charge in [0.25, 0.3) is 0 Å². The van der Waals surface area contributed by atoms with Gasteiger partial charge in [-0.15, -0.1) is 0 Å². The van der Waals surface area contributed by atoms with Crippen LogP contribution in [0.3, 0.4) is 0 Å². The molecule has 0 spiro atoms. The highest BCUT2D eigenvalue weighted by Crippen LogP contribution is 2.26. The Morgan fingerprint density at radius 1 is 1.04 bits per heavy atom. The molecule has 0 bridgehead atoms. The topological polar surface area (TPSA) is 47.6 Å². The molecule has 0 saturated carbocycles. The SMILES string of the molecule is COc1ccc2cc(C(C)C(=O)NCc3ccccc3OC(F)F)ccc2c1. The van der Waals surface area contributed by atoms with E-state index in [1.165, 1.54) is 6.07 Å². The molecule has 1 atom stereocenters. The summed E-state index contributed by atoms with van der Waals surface area (Å²) in [6.07, 6.45) is 0. The maximum absolute atomic E-state index is 12.6. The van der Waals surface area contributed by atoms with E-state index in [9.17, 15) is 13.6 Å². The second-order valence-corrected chi connectivity index (χ2v) is 6.40. The second-order valence-electron chi connectivity index (χ2n) is 6.40. The van der Waals surface area contributed by atoms with Gasteiger partial charge >= 0.3 is 6.61 Å². The van der Waals surface area contributed by atoms with Crippen molar-refractivity contribution < 1.29 is 23.0 Å². The van der Waals surface area contributed by atoms with Crippen molar-refractivity contribution in [2.24, 2.45) is 0 Å². The molecule has 3 aromatic carbocycles. The summed E-state index contributed by atoms with van der Waals surface area (Å²) in [5.74, 6) is 0.246. The summed E-state index contributed by atoms with van der Waals surface area (Å²) >= 11 is 0. The van der Waals surface area contributed by atoms with Crippen molar-refractivity contribution >= 4 is 16.7 Å². The van der Waals surface area contributed by atoms with E-state index in [1.807, 2.05) is 43.3 Å². The van der Waals surface area contributed by atoms with E-state index in [1.54, 1.807) is 25.3 Å². The summed E-state index contributed by atoms with van der Waals surface area (Å²) < 4.78 is 34.7. The summed E-state index contributed by atoms with van der Waals surface area (Å²) in [5.41, 5.74) is 1.36. The number of halogens is 2. The molecule has 146 valence electrons. The molecule has 1 N–H and O–H groups in total. The Kier molecular flexibility index (Phi) is 6.09. The third kappa shape index (κ3) is 4.57. The molecule has 0 aliphatic carbocycles. The van der Waals surface area contributed by atoms with Gasteiger partial charge in [0, 0.05) is 12.1 Å². The molecule has 1 amide bonds. The highest BCUT2D eigenvalue weighted by Gasteiger charge is 2.17. The Morgan fingerprint density at radius 3 is 2.50 bits per heavy atom. The van der Waals surface area contributed by atoms with Crippen molar-refractivity contribution in [1.29, 1.82) is 0 Å². The average molecular weight is 385 g/mol. The van der Waals surface area contributed by atoms with Crippen LogP contribution in [0.5, 0.6) is 11.5 Å². The number of alkyl halides is 2. The molecule has 0 fully saturated rings. The lowest BCUT2D eigenvalue weighted by molar-refractivity contribution is -0.122. The van der Waals surface area contributed by atoms with Crippen molar-refractivity contribution in [2.75, 3.05) is 7.11 Å². The van der Waals surface area contributed by atoms with Gasteiger partial charge in [-0.3, -0.25) is 4.79 Å². The van der Waals surface area contributed by atoms with Gasteiger partial charge in [-0.05, 0) is 41.5 Å². The number of amides is 1. The van der Waals surface area contributed by atoms with Gasteiger partial charge in [-0.1, -0.05) is 42.5 Å². The molecule has 0 radical (unpaired) electrons. The van der Waals surface area contributed by atoms with Crippen LogP contribution in [-0.2, 0) is 11.3 Å². The van der Waals surface area contributed by atoms with Crippen LogP contribution >= 0.6 is 0 Å². The fourth-order valence-electron chi connectivity index (χ4n) is 2.99. The molecule has 0 saturated heterocycles. The zero-order valence-electron chi connectivity index (χ0n) is 15.6. The molecule has 4 nitrogen and oxygen atoms in total. The number of hydrogen-bond acceptors (Lipinski definition) is 3. The number of benzene rings is 3. The highest BCUT2D eigenvalue weighted by atomic mass is 19.3. The van der Waals surface area contributed by atoms with E-state index < -0.39 is 12.5 Å². The number of carbonyl (C=O) groups is 1. The lowest BCUT2D eigenvalue weighted by Gasteiger charge is -2.15. The van der Waals surface area contributed by atoms with Gasteiger partial charge in [0.2, 0.25) is 5.91 Å². The fourth-order valence-corrected chi connectivity index (χ4v) is 2.99. The van der Waals surface area contributed by atoms with Gasteiger partial charge < -0.3 is 14.8 Å². The smallest absolute Gasteiger partial charge is 0.387 e. The first kappa shape index (κ1) is 19.6. The molecule has 28 heavy (non-hydrogen) atoms. The Hall–Kier alpha value is -3.15. The standard InChI is InChI=1S/C22H21F2NO3/c1-14(15-7-8-17-12-19(27-2)10-9-16(17)11-15)21(26)25-13-18-5-3-4-6-20(18)28-22(23)24/h3-12,14,22H,13H2,1-2H3,(H,25,26). The Bertz CT molecular complexity index is 975.